The van der Waals surface area contributed by atoms with Crippen LogP contribution in [0.2, 0.25) is 0 Å². The van der Waals surface area contributed by atoms with Gasteiger partial charge in [-0.2, -0.15) is 0 Å². The minimum Gasteiger partial charge on any atom is -0.456 e. The monoisotopic (exact) mass is 676 g/mol. The highest BCUT2D eigenvalue weighted by molar-refractivity contribution is 7.26. The highest BCUT2D eigenvalue weighted by Gasteiger charge is 2.16. The molecule has 10 aromatic carbocycles. The van der Waals surface area contributed by atoms with Crippen molar-refractivity contribution in [1.82, 2.24) is 0 Å². The van der Waals surface area contributed by atoms with Gasteiger partial charge >= 0.3 is 0 Å². The quantitative estimate of drug-likeness (QED) is 0.166. The van der Waals surface area contributed by atoms with Crippen LogP contribution in [-0.2, 0) is 0 Å². The smallest absolute Gasteiger partial charge is 0.135 e. The van der Waals surface area contributed by atoms with Crippen molar-refractivity contribution in [3.8, 4) is 22.3 Å². The van der Waals surface area contributed by atoms with Crippen molar-refractivity contribution in [3.63, 3.8) is 0 Å². The molecule has 0 radical (unpaired) electrons. The van der Waals surface area contributed by atoms with E-state index in [1.54, 1.807) is 0 Å². The van der Waals surface area contributed by atoms with Gasteiger partial charge in [0.15, 0.2) is 0 Å². The fourth-order valence-corrected chi connectivity index (χ4v) is 9.82. The zero-order valence-corrected chi connectivity index (χ0v) is 28.8. The van der Waals surface area contributed by atoms with Crippen LogP contribution in [0.3, 0.4) is 0 Å². The fraction of sp³-hybridized carbons (Fsp3) is 0. The van der Waals surface area contributed by atoms with Gasteiger partial charge in [0, 0.05) is 30.9 Å². The number of rotatable bonds is 2. The summed E-state index contributed by atoms with van der Waals surface area (Å²) in [7, 11) is 0. The molecular formula is C50H28OS. The molecule has 1 nitrogen and oxygen atoms in total. The molecule has 0 spiro atoms. The van der Waals surface area contributed by atoms with Crippen molar-refractivity contribution in [2.45, 2.75) is 0 Å². The van der Waals surface area contributed by atoms with Gasteiger partial charge in [-0.05, 0) is 131 Å². The second-order valence-electron chi connectivity index (χ2n) is 14.0. The predicted molar refractivity (Wildman–Crippen MR) is 225 cm³/mol. The Labute approximate surface area is 302 Å². The Bertz CT molecular complexity index is 3470. The molecule has 0 bridgehead atoms. The summed E-state index contributed by atoms with van der Waals surface area (Å²) >= 11 is 1.90. The topological polar surface area (TPSA) is 13.1 Å². The van der Waals surface area contributed by atoms with Gasteiger partial charge in [0.1, 0.15) is 11.2 Å². The van der Waals surface area contributed by atoms with E-state index in [1.165, 1.54) is 96.3 Å². The largest absolute Gasteiger partial charge is 0.456 e. The van der Waals surface area contributed by atoms with Crippen molar-refractivity contribution in [3.05, 3.63) is 170 Å². The van der Waals surface area contributed by atoms with E-state index < -0.39 is 0 Å². The van der Waals surface area contributed by atoms with Gasteiger partial charge in [-0.1, -0.05) is 115 Å². The first-order valence-electron chi connectivity index (χ1n) is 17.8. The molecule has 0 saturated heterocycles. The van der Waals surface area contributed by atoms with E-state index in [-0.39, 0.29) is 0 Å². The molecule has 52 heavy (non-hydrogen) atoms. The SMILES string of the molecule is c1ccc2cc(-c3ccc4oc5ccc(-c6ccc7c(c6)c6ccccc6c6cc8c(cc76)sc6ccc7ccccc7c68)cc5c4c3)ccc2c1. The van der Waals surface area contributed by atoms with Gasteiger partial charge in [-0.3, -0.25) is 0 Å². The van der Waals surface area contributed by atoms with Crippen molar-refractivity contribution in [2.75, 3.05) is 0 Å². The molecule has 0 atom stereocenters. The summed E-state index contributed by atoms with van der Waals surface area (Å²) in [6.45, 7) is 0. The summed E-state index contributed by atoms with van der Waals surface area (Å²) in [5, 5.41) is 17.9. The summed E-state index contributed by atoms with van der Waals surface area (Å²) < 4.78 is 9.03. The maximum Gasteiger partial charge on any atom is 0.135 e. The molecule has 240 valence electrons. The molecule has 2 heteroatoms. The lowest BCUT2D eigenvalue weighted by Crippen LogP contribution is -1.85. The zero-order valence-electron chi connectivity index (χ0n) is 28.0. The average molecular weight is 677 g/mol. The molecular weight excluding hydrogens is 649 g/mol. The minimum absolute atomic E-state index is 0.909. The van der Waals surface area contributed by atoms with E-state index in [9.17, 15) is 0 Å². The second-order valence-corrected chi connectivity index (χ2v) is 15.1. The third kappa shape index (κ3) is 4.04. The van der Waals surface area contributed by atoms with E-state index in [0.717, 1.165) is 21.9 Å². The second kappa shape index (κ2) is 10.5. The summed E-state index contributed by atoms with van der Waals surface area (Å²) in [6.07, 6.45) is 0. The molecule has 12 aromatic rings. The molecule has 0 unspecified atom stereocenters. The lowest BCUT2D eigenvalue weighted by Gasteiger charge is -2.13. The minimum atomic E-state index is 0.909. The van der Waals surface area contributed by atoms with Crippen LogP contribution in [0.1, 0.15) is 0 Å². The van der Waals surface area contributed by atoms with Gasteiger partial charge < -0.3 is 4.42 Å². The molecule has 2 aromatic heterocycles. The average Bonchev–Trinajstić information content (AvgIpc) is 3.77. The molecule has 0 amide bonds. The number of benzene rings is 10. The first-order chi connectivity index (χ1) is 25.7. The number of hydrogen-bond acceptors (Lipinski definition) is 2. The lowest BCUT2D eigenvalue weighted by molar-refractivity contribution is 0.669. The summed E-state index contributed by atoms with van der Waals surface area (Å²) in [5.41, 5.74) is 6.61. The summed E-state index contributed by atoms with van der Waals surface area (Å²) in [5.74, 6) is 0. The van der Waals surface area contributed by atoms with Gasteiger partial charge in [0.2, 0.25) is 0 Å². The van der Waals surface area contributed by atoms with Crippen LogP contribution in [0.4, 0.5) is 0 Å². The van der Waals surface area contributed by atoms with Gasteiger partial charge in [-0.15, -0.1) is 11.3 Å². The predicted octanol–water partition coefficient (Wildman–Crippen LogP) is 15.1. The molecule has 2 heterocycles. The summed E-state index contributed by atoms with van der Waals surface area (Å²) in [6, 6.07) is 62.6. The molecule has 0 N–H and O–H groups in total. The summed E-state index contributed by atoms with van der Waals surface area (Å²) in [4.78, 5) is 0. The van der Waals surface area contributed by atoms with Gasteiger partial charge in [0.25, 0.3) is 0 Å². The Morgan fingerprint density at radius 2 is 0.808 bits per heavy atom. The van der Waals surface area contributed by atoms with E-state index >= 15 is 0 Å². The van der Waals surface area contributed by atoms with E-state index in [2.05, 4.69) is 170 Å². The highest BCUT2D eigenvalue weighted by Crippen LogP contribution is 2.45. The molecule has 0 aliphatic carbocycles. The fourth-order valence-electron chi connectivity index (χ4n) is 8.68. The number of thiophene rings is 1. The van der Waals surface area contributed by atoms with Crippen LogP contribution in [0.25, 0.3) is 118 Å². The maximum absolute atomic E-state index is 6.36. The molecule has 0 aliphatic rings. The van der Waals surface area contributed by atoms with Crippen LogP contribution in [0.15, 0.2) is 174 Å². The zero-order chi connectivity index (χ0) is 33.9. The van der Waals surface area contributed by atoms with Crippen molar-refractivity contribution in [2.24, 2.45) is 0 Å². The van der Waals surface area contributed by atoms with E-state index in [0.29, 0.717) is 0 Å². The first kappa shape index (κ1) is 28.2. The highest BCUT2D eigenvalue weighted by atomic mass is 32.1. The Balaban J connectivity index is 1.05. The maximum atomic E-state index is 6.36. The third-order valence-electron chi connectivity index (χ3n) is 11.2. The third-order valence-corrected chi connectivity index (χ3v) is 12.3. The Morgan fingerprint density at radius 1 is 0.288 bits per heavy atom. The Morgan fingerprint density at radius 3 is 1.56 bits per heavy atom. The van der Waals surface area contributed by atoms with Crippen molar-refractivity contribution < 1.29 is 4.42 Å². The van der Waals surface area contributed by atoms with Crippen LogP contribution >= 0.6 is 11.3 Å². The number of furan rings is 1. The lowest BCUT2D eigenvalue weighted by atomic mass is 9.91. The Kier molecular flexibility index (Phi) is 5.71. The van der Waals surface area contributed by atoms with Gasteiger partial charge in [-0.25, -0.2) is 0 Å². The van der Waals surface area contributed by atoms with Crippen LogP contribution < -0.4 is 0 Å². The molecule has 0 aliphatic heterocycles. The number of fused-ring (bicyclic) bond motifs is 15. The number of hydrogen-bond donors (Lipinski definition) is 0. The molecule has 0 fully saturated rings. The normalized spacial score (nSPS) is 12.2. The van der Waals surface area contributed by atoms with E-state index in [4.69, 9.17) is 4.42 Å². The van der Waals surface area contributed by atoms with Crippen LogP contribution in [-0.4, -0.2) is 0 Å². The first-order valence-corrected chi connectivity index (χ1v) is 18.6. The van der Waals surface area contributed by atoms with E-state index in [1.807, 2.05) is 11.3 Å². The molecule has 0 saturated carbocycles. The van der Waals surface area contributed by atoms with Crippen LogP contribution in [0, 0.1) is 0 Å². The molecule has 12 rings (SSSR count). The van der Waals surface area contributed by atoms with Crippen molar-refractivity contribution in [1.29, 1.82) is 0 Å². The Hall–Kier alpha value is -6.48. The van der Waals surface area contributed by atoms with Gasteiger partial charge in [0.05, 0.1) is 0 Å². The van der Waals surface area contributed by atoms with Crippen LogP contribution in [0.5, 0.6) is 0 Å². The standard InChI is InChI=1S/C50H28OS/c1-2-9-31-23-32(14-13-29(31)7-1)34-16-20-46-43(25-34)44-26-35(17-21-47(44)51-46)33-15-19-39-40(24-33)37-11-5-6-12-38(37)41-27-45-49(28-42(39)41)52-48-22-18-30-8-3-4-10-36(30)50(45)48/h1-28H. The van der Waals surface area contributed by atoms with Crippen molar-refractivity contribution >= 4 is 107 Å².